The maximum atomic E-state index is 12.7. The Hall–Kier alpha value is -2.90. The van der Waals surface area contributed by atoms with Crippen molar-refractivity contribution < 1.29 is 4.74 Å². The van der Waals surface area contributed by atoms with E-state index in [1.807, 2.05) is 73.6 Å². The molecule has 1 aromatic heterocycles. The molecule has 7 heteroatoms. The van der Waals surface area contributed by atoms with Crippen molar-refractivity contribution in [2.24, 2.45) is 0 Å². The van der Waals surface area contributed by atoms with E-state index in [9.17, 15) is 4.79 Å². The molecule has 1 heterocycles. The molecule has 6 nitrogen and oxygen atoms in total. The van der Waals surface area contributed by atoms with E-state index in [0.717, 1.165) is 41.9 Å². The molecule has 2 N–H and O–H groups in total. The highest BCUT2D eigenvalue weighted by atomic mass is 32.1. The van der Waals surface area contributed by atoms with Crippen molar-refractivity contribution in [1.82, 2.24) is 14.8 Å². The highest BCUT2D eigenvalue weighted by molar-refractivity contribution is 7.80. The highest BCUT2D eigenvalue weighted by Gasteiger charge is 2.14. The van der Waals surface area contributed by atoms with Crippen molar-refractivity contribution in [2.45, 2.75) is 13.0 Å². The minimum atomic E-state index is -0.104. The molecule has 0 amide bonds. The fourth-order valence-electron chi connectivity index (χ4n) is 3.23. The first-order valence-corrected chi connectivity index (χ1v) is 10.3. The number of nitrogens with zero attached hydrogens (tertiary/aromatic N) is 2. The lowest BCUT2D eigenvalue weighted by atomic mass is 10.1. The average molecular weight is 425 g/mol. The summed E-state index contributed by atoms with van der Waals surface area (Å²) in [4.78, 5) is 19.9. The second kappa shape index (κ2) is 10.2. The molecule has 2 aromatic carbocycles. The van der Waals surface area contributed by atoms with E-state index in [1.165, 1.54) is 0 Å². The number of nitrogens with one attached hydrogen (secondary N) is 2. The van der Waals surface area contributed by atoms with Crippen LogP contribution in [0, 0.1) is 0 Å². The number of thiocarbonyl (C=S) groups is 1. The minimum absolute atomic E-state index is 0.104. The molecule has 0 aliphatic carbocycles. The van der Waals surface area contributed by atoms with E-state index in [2.05, 4.69) is 15.2 Å². The Kier molecular flexibility index (Phi) is 7.43. The number of methoxy groups -OCH3 is 1. The first-order valence-electron chi connectivity index (χ1n) is 9.92. The summed E-state index contributed by atoms with van der Waals surface area (Å²) in [6.45, 7) is 2.11. The maximum Gasteiger partial charge on any atom is 0.253 e. The summed E-state index contributed by atoms with van der Waals surface area (Å²) < 4.78 is 5.32. The van der Waals surface area contributed by atoms with E-state index in [4.69, 9.17) is 17.0 Å². The number of anilines is 1. The smallest absolute Gasteiger partial charge is 0.253 e. The number of para-hydroxylation sites is 1. The number of fused-ring (bicyclic) bond motifs is 1. The van der Waals surface area contributed by atoms with E-state index in [-0.39, 0.29) is 5.56 Å². The van der Waals surface area contributed by atoms with E-state index >= 15 is 0 Å². The van der Waals surface area contributed by atoms with Crippen LogP contribution in [0.2, 0.25) is 0 Å². The van der Waals surface area contributed by atoms with Crippen LogP contribution in [0.15, 0.2) is 59.4 Å². The molecule has 0 radical (unpaired) electrons. The summed E-state index contributed by atoms with van der Waals surface area (Å²) in [5.41, 5.74) is 2.27. The zero-order chi connectivity index (χ0) is 21.5. The number of rotatable bonds is 8. The van der Waals surface area contributed by atoms with Crippen LogP contribution >= 0.6 is 12.2 Å². The van der Waals surface area contributed by atoms with E-state index in [0.29, 0.717) is 17.2 Å². The van der Waals surface area contributed by atoms with Crippen molar-refractivity contribution in [3.63, 3.8) is 0 Å². The lowest BCUT2D eigenvalue weighted by molar-refractivity contribution is 0.346. The van der Waals surface area contributed by atoms with Crippen LogP contribution in [0.4, 0.5) is 5.69 Å². The van der Waals surface area contributed by atoms with Crippen molar-refractivity contribution in [3.05, 3.63) is 70.5 Å². The predicted octanol–water partition coefficient (Wildman–Crippen LogP) is 3.69. The third-order valence-electron chi connectivity index (χ3n) is 4.84. The summed E-state index contributed by atoms with van der Waals surface area (Å²) in [5, 5.41) is 4.82. The number of H-pyrrole nitrogens is 1. The van der Waals surface area contributed by atoms with E-state index < -0.39 is 0 Å². The molecule has 3 rings (SSSR count). The van der Waals surface area contributed by atoms with Crippen molar-refractivity contribution in [1.29, 1.82) is 0 Å². The van der Waals surface area contributed by atoms with Crippen LogP contribution in [0.1, 0.15) is 12.0 Å². The topological polar surface area (TPSA) is 60.6 Å². The molecule has 3 aromatic rings. The third-order valence-corrected chi connectivity index (χ3v) is 5.20. The molecule has 0 bridgehead atoms. The third kappa shape index (κ3) is 5.81. The maximum absolute atomic E-state index is 12.7. The average Bonchev–Trinajstić information content (AvgIpc) is 2.73. The Labute approximate surface area is 182 Å². The number of hydrogen-bond acceptors (Lipinski definition) is 4. The fraction of sp³-hybridized carbons (Fsp3) is 0.304. The highest BCUT2D eigenvalue weighted by Crippen LogP contribution is 2.19. The summed E-state index contributed by atoms with van der Waals surface area (Å²) in [6.07, 6.45) is 0.933. The first-order chi connectivity index (χ1) is 14.5. The largest absolute Gasteiger partial charge is 0.497 e. The van der Waals surface area contributed by atoms with Crippen molar-refractivity contribution >= 4 is 33.9 Å². The van der Waals surface area contributed by atoms with Gasteiger partial charge >= 0.3 is 0 Å². The second-order valence-corrected chi connectivity index (χ2v) is 7.84. The summed E-state index contributed by atoms with van der Waals surface area (Å²) in [6, 6.07) is 17.4. The molecule has 30 heavy (non-hydrogen) atoms. The standard InChI is InChI=1S/C23H28N4O2S/c1-26(2)12-7-13-27(23(30)24-19-8-5-4-6-9-19)16-18-14-17-15-20(29-3)10-11-21(17)25-22(18)28/h4-6,8-11,14-15H,7,12-13,16H2,1-3H3,(H,24,30)(H,25,28). The van der Waals surface area contributed by atoms with Crippen LogP contribution in [0.5, 0.6) is 5.75 Å². The normalized spacial score (nSPS) is 10.9. The van der Waals surface area contributed by atoms with Gasteiger partial charge in [0.1, 0.15) is 5.75 Å². The minimum Gasteiger partial charge on any atom is -0.497 e. The number of ether oxygens (including phenoxy) is 1. The first kappa shape index (κ1) is 21.8. The van der Waals surface area contributed by atoms with Crippen LogP contribution in [-0.2, 0) is 6.54 Å². The molecule has 0 fully saturated rings. The van der Waals surface area contributed by atoms with Gasteiger partial charge in [0.2, 0.25) is 0 Å². The van der Waals surface area contributed by atoms with Gasteiger partial charge in [-0.25, -0.2) is 0 Å². The molecule has 0 aliphatic rings. The molecule has 158 valence electrons. The predicted molar refractivity (Wildman–Crippen MR) is 127 cm³/mol. The number of aromatic amines is 1. The van der Waals surface area contributed by atoms with Gasteiger partial charge in [0, 0.05) is 28.7 Å². The quantitative estimate of drug-likeness (QED) is 0.538. The molecule has 0 spiro atoms. The number of hydrogen-bond donors (Lipinski definition) is 2. The number of benzene rings is 2. The zero-order valence-corrected chi connectivity index (χ0v) is 18.5. The SMILES string of the molecule is COc1ccc2[nH]c(=O)c(CN(CCCN(C)C)C(=S)Nc3ccccc3)cc2c1. The Bertz CT molecular complexity index is 1050. The van der Waals surface area contributed by atoms with Gasteiger partial charge in [-0.05, 0) is 75.7 Å². The molecular weight excluding hydrogens is 396 g/mol. The summed E-state index contributed by atoms with van der Waals surface area (Å²) in [7, 11) is 5.73. The summed E-state index contributed by atoms with van der Waals surface area (Å²) >= 11 is 5.68. The Balaban J connectivity index is 1.84. The monoisotopic (exact) mass is 424 g/mol. The molecule has 0 aliphatic heterocycles. The zero-order valence-electron chi connectivity index (χ0n) is 17.6. The van der Waals surface area contributed by atoms with Crippen LogP contribution < -0.4 is 15.6 Å². The molecule has 0 unspecified atom stereocenters. The Morgan fingerprint density at radius 3 is 2.57 bits per heavy atom. The van der Waals surface area contributed by atoms with E-state index in [1.54, 1.807) is 7.11 Å². The van der Waals surface area contributed by atoms with Crippen molar-refractivity contribution in [3.8, 4) is 5.75 Å². The van der Waals surface area contributed by atoms with Gasteiger partial charge in [0.25, 0.3) is 5.56 Å². The van der Waals surface area contributed by atoms with Gasteiger partial charge in [-0.3, -0.25) is 4.79 Å². The van der Waals surface area contributed by atoms with Crippen LogP contribution in [-0.4, -0.2) is 54.2 Å². The van der Waals surface area contributed by atoms with Gasteiger partial charge in [0.15, 0.2) is 5.11 Å². The number of aromatic nitrogens is 1. The number of pyridine rings is 1. The van der Waals surface area contributed by atoms with Gasteiger partial charge in [-0.1, -0.05) is 18.2 Å². The summed E-state index contributed by atoms with van der Waals surface area (Å²) in [5.74, 6) is 0.754. The molecule has 0 saturated heterocycles. The lowest BCUT2D eigenvalue weighted by Crippen LogP contribution is -2.37. The van der Waals surface area contributed by atoms with Crippen molar-refractivity contribution in [2.75, 3.05) is 39.6 Å². The van der Waals surface area contributed by atoms with Crippen LogP contribution in [0.3, 0.4) is 0 Å². The Morgan fingerprint density at radius 2 is 1.87 bits per heavy atom. The molecule has 0 saturated carbocycles. The second-order valence-electron chi connectivity index (χ2n) is 7.45. The van der Waals surface area contributed by atoms with Gasteiger partial charge in [-0.2, -0.15) is 0 Å². The van der Waals surface area contributed by atoms with Gasteiger partial charge < -0.3 is 24.8 Å². The van der Waals surface area contributed by atoms with Crippen LogP contribution in [0.25, 0.3) is 10.9 Å². The molecule has 0 atom stereocenters. The lowest BCUT2D eigenvalue weighted by Gasteiger charge is -2.26. The molecular formula is C23H28N4O2S. The fourth-order valence-corrected chi connectivity index (χ4v) is 3.51. The van der Waals surface area contributed by atoms with Gasteiger partial charge in [0.05, 0.1) is 13.7 Å². The Morgan fingerprint density at radius 1 is 1.10 bits per heavy atom. The van der Waals surface area contributed by atoms with Gasteiger partial charge in [-0.15, -0.1) is 0 Å².